The topological polar surface area (TPSA) is 111 Å². The van der Waals surface area contributed by atoms with Gasteiger partial charge in [-0.05, 0) is 19.9 Å². The number of ether oxygens (including phenoxy) is 1. The van der Waals surface area contributed by atoms with Gasteiger partial charge in [0.2, 0.25) is 0 Å². The molecule has 7 heteroatoms. The number of hydrogen-bond acceptors (Lipinski definition) is 6. The molecule has 1 aromatic carbocycles. The predicted molar refractivity (Wildman–Crippen MR) is 86.0 cm³/mol. The number of nitrogen functional groups attached to an aromatic ring is 1. The van der Waals surface area contributed by atoms with Crippen molar-refractivity contribution in [3.05, 3.63) is 27.8 Å². The van der Waals surface area contributed by atoms with Gasteiger partial charge >= 0.3 is 0 Å². The van der Waals surface area contributed by atoms with Gasteiger partial charge < -0.3 is 20.9 Å². The van der Waals surface area contributed by atoms with Crippen molar-refractivity contribution < 1.29 is 14.8 Å². The number of aliphatic hydroxyl groups is 1. The van der Waals surface area contributed by atoms with E-state index in [9.17, 15) is 15.2 Å². The van der Waals surface area contributed by atoms with Crippen LogP contribution in [0.1, 0.15) is 46.7 Å². The Morgan fingerprint density at radius 2 is 2.05 bits per heavy atom. The quantitative estimate of drug-likeness (QED) is 0.449. The highest BCUT2D eigenvalue weighted by atomic mass is 16.6. The molecule has 0 radical (unpaired) electrons. The van der Waals surface area contributed by atoms with Crippen LogP contribution in [0.15, 0.2) is 12.1 Å². The number of nitrogens with zero attached hydrogens (tertiary/aromatic N) is 1. The molecule has 0 spiro atoms. The highest BCUT2D eigenvalue weighted by Gasteiger charge is 2.43. The molecule has 7 nitrogen and oxygen atoms in total. The lowest BCUT2D eigenvalue weighted by Crippen LogP contribution is -2.53. The third kappa shape index (κ3) is 3.15. The number of aliphatic hydroxyl groups excluding tert-OH is 1. The summed E-state index contributed by atoms with van der Waals surface area (Å²) in [5, 5.41) is 24.8. The van der Waals surface area contributed by atoms with Gasteiger partial charge in [0.1, 0.15) is 23.1 Å². The van der Waals surface area contributed by atoms with Crippen LogP contribution in [-0.4, -0.2) is 27.8 Å². The van der Waals surface area contributed by atoms with E-state index in [1.54, 1.807) is 13.8 Å². The summed E-state index contributed by atoms with van der Waals surface area (Å²) in [5.74, 6) is 0.379. The molecule has 4 N–H and O–H groups in total. The molecule has 124 valence electrons. The largest absolute Gasteiger partial charge is 0.484 e. The molecule has 0 bridgehead atoms. The molecule has 0 unspecified atom stereocenters. The minimum Gasteiger partial charge on any atom is -0.484 e. The van der Waals surface area contributed by atoms with Crippen molar-refractivity contribution in [1.82, 2.24) is 5.32 Å². The van der Waals surface area contributed by atoms with Gasteiger partial charge in [-0.25, -0.2) is 0 Å². The first-order valence-electron chi connectivity index (χ1n) is 6.84. The van der Waals surface area contributed by atoms with E-state index in [0.29, 0.717) is 11.3 Å². The summed E-state index contributed by atoms with van der Waals surface area (Å²) in [5.41, 5.74) is 5.39. The summed E-state index contributed by atoms with van der Waals surface area (Å²) in [6, 6.07) is 2.56. The third-order valence-electron chi connectivity index (χ3n) is 3.60. The van der Waals surface area contributed by atoms with Crippen molar-refractivity contribution in [2.45, 2.75) is 58.9 Å². The van der Waals surface area contributed by atoms with E-state index in [4.69, 9.17) is 10.5 Å². The smallest absolute Gasteiger partial charge is 0.295 e. The van der Waals surface area contributed by atoms with E-state index in [-0.39, 0.29) is 24.8 Å². The summed E-state index contributed by atoms with van der Waals surface area (Å²) in [6.45, 7) is 7.42. The first kappa shape index (κ1) is 18.2. The van der Waals surface area contributed by atoms with Gasteiger partial charge in [-0.1, -0.05) is 21.3 Å². The van der Waals surface area contributed by atoms with E-state index in [1.807, 2.05) is 13.8 Å². The van der Waals surface area contributed by atoms with Gasteiger partial charge in [-0.15, -0.1) is 0 Å². The average molecular weight is 311 g/mol. The van der Waals surface area contributed by atoms with Crippen LogP contribution < -0.4 is 15.8 Å². The van der Waals surface area contributed by atoms with Gasteiger partial charge in [0.15, 0.2) is 0 Å². The van der Waals surface area contributed by atoms with Crippen LogP contribution in [0.4, 0.5) is 11.4 Å². The lowest BCUT2D eigenvalue weighted by atomic mass is 9.86. The van der Waals surface area contributed by atoms with Crippen LogP contribution in [0.25, 0.3) is 0 Å². The maximum Gasteiger partial charge on any atom is 0.295 e. The van der Waals surface area contributed by atoms with Crippen LogP contribution in [0, 0.1) is 10.1 Å². The monoisotopic (exact) mass is 311 g/mol. The van der Waals surface area contributed by atoms with Crippen molar-refractivity contribution in [3.8, 4) is 5.75 Å². The van der Waals surface area contributed by atoms with E-state index in [1.165, 1.54) is 12.1 Å². The third-order valence-corrected chi connectivity index (χ3v) is 3.60. The molecule has 1 heterocycles. The molecule has 1 aliphatic rings. The van der Waals surface area contributed by atoms with E-state index >= 15 is 0 Å². The van der Waals surface area contributed by atoms with Crippen LogP contribution in [-0.2, 0) is 0 Å². The Labute approximate surface area is 130 Å². The maximum atomic E-state index is 11.0. The second-order valence-corrected chi connectivity index (χ2v) is 6.16. The number of fused-ring (bicyclic) bond motifs is 1. The van der Waals surface area contributed by atoms with Gasteiger partial charge in [-0.3, -0.25) is 10.1 Å². The predicted octanol–water partition coefficient (Wildman–Crippen LogP) is 2.38. The summed E-state index contributed by atoms with van der Waals surface area (Å²) >= 11 is 0. The van der Waals surface area contributed by atoms with Crippen molar-refractivity contribution in [2.24, 2.45) is 0 Å². The highest BCUT2D eigenvalue weighted by Crippen LogP contribution is 2.43. The number of nitrogens with one attached hydrogen (secondary N) is 1. The molecule has 1 aromatic rings. The van der Waals surface area contributed by atoms with Crippen LogP contribution in [0.3, 0.4) is 0 Å². The standard InChI is InChI=1S/C14H21N3O4.CH4/c1-7(2)16-12-8-5-9(15)10(17(19)20)6-11(8)21-14(3,4)13(12)18;/h5-7,12-13,16,18H,15H2,1-4H3;1H4/t12-,13+;/m1./s1. The van der Waals surface area contributed by atoms with E-state index < -0.39 is 22.7 Å². The Morgan fingerprint density at radius 3 is 2.55 bits per heavy atom. The molecular formula is C15H25N3O4. The fourth-order valence-electron chi connectivity index (χ4n) is 2.55. The number of nitro groups is 1. The van der Waals surface area contributed by atoms with E-state index in [0.717, 1.165) is 0 Å². The second kappa shape index (κ2) is 6.10. The molecule has 2 rings (SSSR count). The minimum atomic E-state index is -0.858. The molecule has 0 saturated carbocycles. The number of rotatable bonds is 3. The number of benzene rings is 1. The Balaban J connectivity index is 0.00000242. The van der Waals surface area contributed by atoms with Gasteiger partial charge in [0.05, 0.1) is 17.0 Å². The summed E-state index contributed by atoms with van der Waals surface area (Å²) in [6.07, 6.45) is -0.798. The first-order valence-corrected chi connectivity index (χ1v) is 6.84. The van der Waals surface area contributed by atoms with Gasteiger partial charge in [0, 0.05) is 11.6 Å². The number of hydrogen-bond donors (Lipinski definition) is 3. The van der Waals surface area contributed by atoms with Crippen LogP contribution >= 0.6 is 0 Å². The van der Waals surface area contributed by atoms with Crippen molar-refractivity contribution in [3.63, 3.8) is 0 Å². The lowest BCUT2D eigenvalue weighted by molar-refractivity contribution is -0.384. The lowest BCUT2D eigenvalue weighted by Gasteiger charge is -2.43. The van der Waals surface area contributed by atoms with Gasteiger partial charge in [-0.2, -0.15) is 0 Å². The minimum absolute atomic E-state index is 0. The summed E-state index contributed by atoms with van der Waals surface area (Å²) in [4.78, 5) is 10.5. The van der Waals surface area contributed by atoms with Crippen molar-refractivity contribution >= 4 is 11.4 Å². The average Bonchev–Trinajstić information content (AvgIpc) is 2.34. The fraction of sp³-hybridized carbons (Fsp3) is 0.600. The van der Waals surface area contributed by atoms with E-state index in [2.05, 4.69) is 5.32 Å². The van der Waals surface area contributed by atoms with Crippen molar-refractivity contribution in [1.29, 1.82) is 0 Å². The van der Waals surface area contributed by atoms with Crippen LogP contribution in [0.2, 0.25) is 0 Å². The Kier molecular flexibility index (Phi) is 5.04. The summed E-state index contributed by atoms with van der Waals surface area (Å²) < 4.78 is 5.74. The number of nitrogens with two attached hydrogens (primary N) is 1. The Morgan fingerprint density at radius 1 is 1.45 bits per heavy atom. The molecule has 0 aromatic heterocycles. The molecule has 1 aliphatic heterocycles. The molecule has 0 aliphatic carbocycles. The molecule has 22 heavy (non-hydrogen) atoms. The normalized spacial score (nSPS) is 22.5. The number of nitro benzene ring substituents is 1. The zero-order valence-corrected chi connectivity index (χ0v) is 12.6. The van der Waals surface area contributed by atoms with Gasteiger partial charge in [0.25, 0.3) is 5.69 Å². The zero-order valence-electron chi connectivity index (χ0n) is 12.6. The second-order valence-electron chi connectivity index (χ2n) is 6.16. The maximum absolute atomic E-state index is 11.0. The molecular weight excluding hydrogens is 286 g/mol. The Hall–Kier alpha value is -1.86. The first-order chi connectivity index (χ1) is 9.63. The number of anilines is 1. The van der Waals surface area contributed by atoms with Crippen LogP contribution in [0.5, 0.6) is 5.75 Å². The Bertz CT molecular complexity index is 572. The summed E-state index contributed by atoms with van der Waals surface area (Å²) in [7, 11) is 0. The van der Waals surface area contributed by atoms with Crippen molar-refractivity contribution in [2.75, 3.05) is 5.73 Å². The molecule has 0 saturated heterocycles. The fourth-order valence-corrected chi connectivity index (χ4v) is 2.55. The molecule has 0 fully saturated rings. The SMILES string of the molecule is C.CC(C)N[C@@H]1c2cc(N)c([N+](=O)[O-])cc2OC(C)(C)[C@H]1O. The highest BCUT2D eigenvalue weighted by molar-refractivity contribution is 5.65. The molecule has 2 atom stereocenters. The zero-order chi connectivity index (χ0) is 15.9. The molecule has 0 amide bonds.